The summed E-state index contributed by atoms with van der Waals surface area (Å²) in [5.41, 5.74) is 2.36. The van der Waals surface area contributed by atoms with Crippen LogP contribution in [0.1, 0.15) is 21.9 Å². The number of ketones is 1. The number of carbonyl (C=O) groups is 1. The van der Waals surface area contributed by atoms with Crippen LogP contribution in [0.25, 0.3) is 22.9 Å². The third-order valence-electron chi connectivity index (χ3n) is 3.04. The molecule has 0 unspecified atom stereocenters. The highest BCUT2D eigenvalue weighted by Gasteiger charge is 2.21. The summed E-state index contributed by atoms with van der Waals surface area (Å²) in [4.78, 5) is 20.8. The predicted octanol–water partition coefficient (Wildman–Crippen LogP) is 2.81. The zero-order chi connectivity index (χ0) is 12.1. The Morgan fingerprint density at radius 2 is 2.06 bits per heavy atom. The zero-order valence-corrected chi connectivity index (χ0v) is 11.4. The number of nitrogens with zero attached hydrogens (tertiary/aromatic N) is 2. The number of allylic oxidation sites excluding steroid dienone is 2. The van der Waals surface area contributed by atoms with E-state index in [0.29, 0.717) is 5.69 Å². The van der Waals surface area contributed by atoms with Gasteiger partial charge in [-0.2, -0.15) is 0 Å². The molecule has 0 saturated heterocycles. The average molecular weight is 346 g/mol. The Kier molecular flexibility index (Phi) is 2.08. The van der Waals surface area contributed by atoms with E-state index in [1.807, 2.05) is 24.4 Å². The van der Waals surface area contributed by atoms with E-state index in [0.717, 1.165) is 22.2 Å². The van der Waals surface area contributed by atoms with Crippen molar-refractivity contribution in [2.75, 3.05) is 0 Å². The molecule has 0 amide bonds. The first-order valence-electron chi connectivity index (χ1n) is 5.53. The van der Waals surface area contributed by atoms with Crippen LogP contribution in [0.4, 0.5) is 0 Å². The topological polar surface area (TPSA) is 42.9 Å². The van der Waals surface area contributed by atoms with Crippen LogP contribution < -0.4 is 0 Å². The summed E-state index contributed by atoms with van der Waals surface area (Å²) in [7, 11) is 0. The Bertz CT molecular complexity index is 803. The van der Waals surface area contributed by atoms with Crippen molar-refractivity contribution in [3.8, 4) is 0 Å². The number of carbonyl (C=O) groups excluding carboxylic acids is 1. The molecule has 0 N–H and O–H groups in total. The molecule has 2 aliphatic rings. The Morgan fingerprint density at radius 3 is 3.00 bits per heavy atom. The van der Waals surface area contributed by atoms with Gasteiger partial charge in [0, 0.05) is 20.5 Å². The van der Waals surface area contributed by atoms with Crippen molar-refractivity contribution >= 4 is 53.5 Å². The van der Waals surface area contributed by atoms with Crippen LogP contribution in [0, 0.1) is 3.57 Å². The third kappa shape index (κ3) is 1.29. The second kappa shape index (κ2) is 3.65. The molecule has 3 heterocycles. The minimum Gasteiger partial charge on any atom is -0.288 e. The number of aromatic nitrogens is 2. The number of halogens is 1. The summed E-state index contributed by atoms with van der Waals surface area (Å²) in [6.45, 7) is 0. The Hall–Kier alpha value is -1.69. The number of pyridine rings is 2. The normalized spacial score (nSPS) is 15.7. The standard InChI is InChI=1S/C14H7IN2O/c18-11-4-3-9-12-8(5-7-16-9)13-10(17-14(11)12)2-1-6-15-13/h1-7H. The minimum atomic E-state index is -0.166. The summed E-state index contributed by atoms with van der Waals surface area (Å²) in [5.74, 6) is -0.0237. The molecule has 3 nitrogen and oxygen atoms in total. The lowest BCUT2D eigenvalue weighted by Gasteiger charge is -2.14. The fourth-order valence-electron chi connectivity index (χ4n) is 2.26. The molecule has 0 fully saturated rings. The molecule has 2 aromatic rings. The molecule has 86 valence electrons. The predicted molar refractivity (Wildman–Crippen MR) is 80.7 cm³/mol. The molecule has 18 heavy (non-hydrogen) atoms. The van der Waals surface area contributed by atoms with Crippen LogP contribution in [0.2, 0.25) is 0 Å². The second-order valence-corrected chi connectivity index (χ2v) is 6.49. The van der Waals surface area contributed by atoms with E-state index < -0.39 is 0 Å². The molecule has 0 aromatic carbocycles. The first-order valence-corrected chi connectivity index (χ1v) is 7.85. The van der Waals surface area contributed by atoms with Crippen LogP contribution in [-0.2, 0) is 0 Å². The number of hydrogen-bond acceptors (Lipinski definition) is 3. The Morgan fingerprint density at radius 1 is 1.11 bits per heavy atom. The van der Waals surface area contributed by atoms with Crippen LogP contribution in [0.3, 0.4) is 0 Å². The van der Waals surface area contributed by atoms with Crippen LogP contribution in [-0.4, -0.2) is 19.8 Å². The van der Waals surface area contributed by atoms with Gasteiger partial charge < -0.3 is 0 Å². The lowest BCUT2D eigenvalue weighted by atomic mass is 10.00. The van der Waals surface area contributed by atoms with E-state index >= 15 is 0 Å². The van der Waals surface area contributed by atoms with Crippen LogP contribution in [0.15, 0.2) is 24.4 Å². The fourth-order valence-corrected chi connectivity index (χ4v) is 4.44. The molecule has 0 bridgehead atoms. The van der Waals surface area contributed by atoms with Gasteiger partial charge in [0.05, 0.1) is 11.4 Å². The van der Waals surface area contributed by atoms with Gasteiger partial charge in [-0.1, -0.05) is 26.8 Å². The Labute approximate surface area is 113 Å². The maximum Gasteiger partial charge on any atom is 0.204 e. The molecule has 2 aromatic heterocycles. The summed E-state index contributed by atoms with van der Waals surface area (Å²) >= 11 is -0.166. The minimum absolute atomic E-state index is 0.0237. The summed E-state index contributed by atoms with van der Waals surface area (Å²) in [6.07, 6.45) is 9.17. The lowest BCUT2D eigenvalue weighted by molar-refractivity contribution is 0.104. The SMILES string of the molecule is O=C1C=Cc2nccc3c4c(nc1c23)C=CC=I4. The van der Waals surface area contributed by atoms with Gasteiger partial charge in [-0.3, -0.25) is 9.78 Å². The molecule has 4 heteroatoms. The molecule has 0 spiro atoms. The van der Waals surface area contributed by atoms with Crippen molar-refractivity contribution in [1.82, 2.24) is 9.97 Å². The molecule has 0 saturated carbocycles. The van der Waals surface area contributed by atoms with Gasteiger partial charge in [-0.05, 0) is 28.3 Å². The molecule has 1 aliphatic carbocycles. The van der Waals surface area contributed by atoms with Crippen molar-refractivity contribution in [1.29, 1.82) is 0 Å². The molecule has 0 atom stereocenters. The number of rotatable bonds is 0. The highest BCUT2D eigenvalue weighted by molar-refractivity contribution is 14.2. The van der Waals surface area contributed by atoms with Crippen molar-refractivity contribution in [2.24, 2.45) is 0 Å². The zero-order valence-electron chi connectivity index (χ0n) is 9.22. The fraction of sp³-hybridized carbons (Fsp3) is 0. The summed E-state index contributed by atoms with van der Waals surface area (Å²) in [5, 5.41) is 2.07. The highest BCUT2D eigenvalue weighted by Crippen LogP contribution is 2.34. The van der Waals surface area contributed by atoms with Gasteiger partial charge in [-0.25, -0.2) is 4.98 Å². The molecule has 1 aliphatic heterocycles. The van der Waals surface area contributed by atoms with Gasteiger partial charge in [0.25, 0.3) is 0 Å². The van der Waals surface area contributed by atoms with Crippen molar-refractivity contribution < 1.29 is 4.79 Å². The van der Waals surface area contributed by atoms with E-state index in [2.05, 4.69) is 14.0 Å². The van der Waals surface area contributed by atoms with Gasteiger partial charge in [0.1, 0.15) is 5.69 Å². The third-order valence-corrected chi connectivity index (χ3v) is 5.57. The smallest absolute Gasteiger partial charge is 0.204 e. The van der Waals surface area contributed by atoms with Crippen molar-refractivity contribution in [3.05, 3.63) is 45.1 Å². The van der Waals surface area contributed by atoms with E-state index in [-0.39, 0.29) is 26.5 Å². The van der Waals surface area contributed by atoms with Gasteiger partial charge in [0.15, 0.2) is 0 Å². The number of hydrogen-bond donors (Lipinski definition) is 0. The maximum atomic E-state index is 12.0. The van der Waals surface area contributed by atoms with Crippen molar-refractivity contribution in [2.45, 2.75) is 0 Å². The first-order chi connectivity index (χ1) is 8.84. The number of fused-ring (bicyclic) bond motifs is 2. The summed E-state index contributed by atoms with van der Waals surface area (Å²) < 4.78 is 3.51. The highest BCUT2D eigenvalue weighted by atomic mass is 127. The largest absolute Gasteiger partial charge is 0.288 e. The van der Waals surface area contributed by atoms with Crippen LogP contribution in [0.5, 0.6) is 0 Å². The molecule has 4 rings (SSSR count). The summed E-state index contributed by atoms with van der Waals surface area (Å²) in [6, 6.07) is 2.00. The molecule has 0 radical (unpaired) electrons. The maximum absolute atomic E-state index is 12.0. The van der Waals surface area contributed by atoms with E-state index in [4.69, 9.17) is 0 Å². The van der Waals surface area contributed by atoms with E-state index in [1.165, 1.54) is 3.57 Å². The van der Waals surface area contributed by atoms with E-state index in [1.54, 1.807) is 12.2 Å². The van der Waals surface area contributed by atoms with Crippen LogP contribution >= 0.6 is 20.7 Å². The monoisotopic (exact) mass is 346 g/mol. The molecular formula is C14H7IN2O. The molecular weight excluding hydrogens is 339 g/mol. The second-order valence-electron chi connectivity index (χ2n) is 4.07. The van der Waals surface area contributed by atoms with Gasteiger partial charge in [-0.15, -0.1) is 0 Å². The quantitative estimate of drug-likeness (QED) is 0.689. The van der Waals surface area contributed by atoms with Crippen molar-refractivity contribution in [3.63, 3.8) is 0 Å². The van der Waals surface area contributed by atoms with Gasteiger partial charge >= 0.3 is 0 Å². The van der Waals surface area contributed by atoms with Gasteiger partial charge in [0.2, 0.25) is 5.78 Å². The Balaban J connectivity index is 2.27. The first kappa shape index (κ1) is 10.3. The average Bonchev–Trinajstić information content (AvgIpc) is 2.43. The van der Waals surface area contributed by atoms with E-state index in [9.17, 15) is 4.79 Å². The lowest BCUT2D eigenvalue weighted by Crippen LogP contribution is -2.09.